The Kier molecular flexibility index (Phi) is 3.81. The van der Waals surface area contributed by atoms with E-state index in [4.69, 9.17) is 17.3 Å². The molecule has 1 amide bonds. The van der Waals surface area contributed by atoms with E-state index >= 15 is 0 Å². The first-order valence-electron chi connectivity index (χ1n) is 6.39. The number of piperidine rings is 1. The van der Waals surface area contributed by atoms with Crippen LogP contribution in [0.3, 0.4) is 0 Å². The van der Waals surface area contributed by atoms with Gasteiger partial charge in [0.2, 0.25) is 0 Å². The number of halogens is 1. The van der Waals surface area contributed by atoms with Crippen LogP contribution in [-0.4, -0.2) is 22.9 Å². The highest BCUT2D eigenvalue weighted by Crippen LogP contribution is 2.29. The topological polar surface area (TPSA) is 46.3 Å². The van der Waals surface area contributed by atoms with Crippen molar-refractivity contribution in [3.05, 3.63) is 28.8 Å². The van der Waals surface area contributed by atoms with Gasteiger partial charge in [-0.05, 0) is 45.2 Å². The Morgan fingerprint density at radius 1 is 1.33 bits per heavy atom. The van der Waals surface area contributed by atoms with Gasteiger partial charge in [0.05, 0.1) is 10.6 Å². The first kappa shape index (κ1) is 13.2. The molecule has 1 aromatic carbocycles. The van der Waals surface area contributed by atoms with E-state index in [2.05, 4.69) is 13.8 Å². The molecule has 2 rings (SSSR count). The predicted molar refractivity (Wildman–Crippen MR) is 74.8 cm³/mol. The monoisotopic (exact) mass is 266 g/mol. The second-order valence-electron chi connectivity index (χ2n) is 5.05. The van der Waals surface area contributed by atoms with Gasteiger partial charge < -0.3 is 10.6 Å². The number of nitrogens with zero attached hydrogens (tertiary/aromatic N) is 1. The van der Waals surface area contributed by atoms with E-state index in [0.29, 0.717) is 16.3 Å². The minimum absolute atomic E-state index is 0.0437. The van der Waals surface area contributed by atoms with E-state index in [0.717, 1.165) is 12.8 Å². The van der Waals surface area contributed by atoms with Crippen LogP contribution in [0, 0.1) is 0 Å². The van der Waals surface area contributed by atoms with Crippen molar-refractivity contribution < 1.29 is 4.79 Å². The van der Waals surface area contributed by atoms with Gasteiger partial charge in [-0.1, -0.05) is 17.7 Å². The van der Waals surface area contributed by atoms with Gasteiger partial charge in [0.25, 0.3) is 5.91 Å². The molecule has 98 valence electrons. The number of carbonyl (C=O) groups is 1. The van der Waals surface area contributed by atoms with Crippen LogP contribution in [0.1, 0.15) is 43.5 Å². The highest BCUT2D eigenvalue weighted by molar-refractivity contribution is 6.34. The zero-order valence-electron chi connectivity index (χ0n) is 10.8. The number of rotatable bonds is 1. The number of nitrogen functional groups attached to an aromatic ring is 1. The van der Waals surface area contributed by atoms with Crippen LogP contribution in [-0.2, 0) is 0 Å². The van der Waals surface area contributed by atoms with Crippen molar-refractivity contribution in [2.75, 3.05) is 5.73 Å². The predicted octanol–water partition coefficient (Wildman–Crippen LogP) is 3.33. The summed E-state index contributed by atoms with van der Waals surface area (Å²) in [6.45, 7) is 4.17. The first-order valence-corrected chi connectivity index (χ1v) is 6.76. The molecule has 2 atom stereocenters. The van der Waals surface area contributed by atoms with E-state index in [9.17, 15) is 4.79 Å². The van der Waals surface area contributed by atoms with E-state index in [1.807, 2.05) is 4.90 Å². The quantitative estimate of drug-likeness (QED) is 0.793. The lowest BCUT2D eigenvalue weighted by Gasteiger charge is -2.39. The van der Waals surface area contributed by atoms with Crippen molar-refractivity contribution in [1.82, 2.24) is 4.90 Å². The summed E-state index contributed by atoms with van der Waals surface area (Å²) in [5.41, 5.74) is 6.79. The summed E-state index contributed by atoms with van der Waals surface area (Å²) in [7, 11) is 0. The average Bonchev–Trinajstić information content (AvgIpc) is 2.28. The van der Waals surface area contributed by atoms with Crippen molar-refractivity contribution in [2.24, 2.45) is 0 Å². The highest BCUT2D eigenvalue weighted by Gasteiger charge is 2.31. The molecule has 4 heteroatoms. The Balaban J connectivity index is 2.35. The smallest absolute Gasteiger partial charge is 0.257 e. The van der Waals surface area contributed by atoms with Crippen molar-refractivity contribution in [3.63, 3.8) is 0 Å². The fourth-order valence-electron chi connectivity index (χ4n) is 2.72. The molecule has 2 N–H and O–H groups in total. The number of nitrogens with two attached hydrogens (primary N) is 1. The normalized spacial score (nSPS) is 24.1. The van der Waals surface area contributed by atoms with E-state index in [-0.39, 0.29) is 18.0 Å². The molecular formula is C14H19ClN2O. The zero-order chi connectivity index (χ0) is 13.3. The molecule has 1 saturated heterocycles. The largest absolute Gasteiger partial charge is 0.398 e. The van der Waals surface area contributed by atoms with Crippen LogP contribution >= 0.6 is 11.6 Å². The molecular weight excluding hydrogens is 248 g/mol. The van der Waals surface area contributed by atoms with Crippen molar-refractivity contribution in [3.8, 4) is 0 Å². The molecule has 18 heavy (non-hydrogen) atoms. The van der Waals surface area contributed by atoms with Gasteiger partial charge in [-0.3, -0.25) is 4.79 Å². The molecule has 0 radical (unpaired) electrons. The summed E-state index contributed by atoms with van der Waals surface area (Å²) in [4.78, 5) is 14.5. The van der Waals surface area contributed by atoms with Gasteiger partial charge in [0.15, 0.2) is 0 Å². The minimum Gasteiger partial charge on any atom is -0.398 e. The molecule has 1 aliphatic rings. The van der Waals surface area contributed by atoms with Gasteiger partial charge in [-0.2, -0.15) is 0 Å². The number of benzene rings is 1. The van der Waals surface area contributed by atoms with Crippen LogP contribution in [0.25, 0.3) is 0 Å². The summed E-state index contributed by atoms with van der Waals surface area (Å²) in [5, 5.41) is 0.435. The highest BCUT2D eigenvalue weighted by atomic mass is 35.5. The Bertz CT molecular complexity index is 431. The number of anilines is 1. The van der Waals surface area contributed by atoms with E-state index in [1.54, 1.807) is 18.2 Å². The molecule has 1 aromatic rings. The van der Waals surface area contributed by atoms with Crippen molar-refractivity contribution in [1.29, 1.82) is 0 Å². The Morgan fingerprint density at radius 3 is 2.50 bits per heavy atom. The zero-order valence-corrected chi connectivity index (χ0v) is 11.6. The maximum Gasteiger partial charge on any atom is 0.257 e. The van der Waals surface area contributed by atoms with Crippen molar-refractivity contribution in [2.45, 2.75) is 45.2 Å². The molecule has 0 aromatic heterocycles. The maximum absolute atomic E-state index is 12.6. The van der Waals surface area contributed by atoms with Crippen LogP contribution in [0.2, 0.25) is 5.02 Å². The molecule has 0 aliphatic carbocycles. The van der Waals surface area contributed by atoms with E-state index < -0.39 is 0 Å². The summed E-state index contributed by atoms with van der Waals surface area (Å²) >= 11 is 6.11. The third kappa shape index (κ3) is 2.32. The Labute approximate surface area is 113 Å². The van der Waals surface area contributed by atoms with Gasteiger partial charge >= 0.3 is 0 Å². The van der Waals surface area contributed by atoms with Gasteiger partial charge in [0, 0.05) is 17.8 Å². The molecule has 0 spiro atoms. The molecule has 0 bridgehead atoms. The van der Waals surface area contributed by atoms with Crippen LogP contribution in [0.4, 0.5) is 5.69 Å². The van der Waals surface area contributed by atoms with Gasteiger partial charge in [-0.25, -0.2) is 0 Å². The molecule has 2 unspecified atom stereocenters. The molecule has 1 aliphatic heterocycles. The molecule has 3 nitrogen and oxygen atoms in total. The lowest BCUT2D eigenvalue weighted by Crippen LogP contribution is -2.47. The molecule has 1 fully saturated rings. The SMILES string of the molecule is CC1CCCC(C)N1C(=O)c1c(N)cccc1Cl. The lowest BCUT2D eigenvalue weighted by atomic mass is 9.96. The average molecular weight is 267 g/mol. The third-order valence-corrected chi connectivity index (χ3v) is 4.00. The number of hydrogen-bond acceptors (Lipinski definition) is 2. The van der Waals surface area contributed by atoms with Crippen molar-refractivity contribution >= 4 is 23.2 Å². The fraction of sp³-hybridized carbons (Fsp3) is 0.500. The Hall–Kier alpha value is -1.22. The molecule has 0 saturated carbocycles. The fourth-order valence-corrected chi connectivity index (χ4v) is 2.98. The minimum atomic E-state index is -0.0437. The summed E-state index contributed by atoms with van der Waals surface area (Å²) in [5.74, 6) is -0.0437. The lowest BCUT2D eigenvalue weighted by molar-refractivity contribution is 0.0512. The summed E-state index contributed by atoms with van der Waals surface area (Å²) in [6.07, 6.45) is 3.25. The number of carbonyl (C=O) groups excluding carboxylic acids is 1. The van der Waals surface area contributed by atoms with Crippen LogP contribution in [0.5, 0.6) is 0 Å². The van der Waals surface area contributed by atoms with Crippen LogP contribution in [0.15, 0.2) is 18.2 Å². The standard InChI is InChI=1S/C14H19ClN2O/c1-9-5-3-6-10(2)17(9)14(18)13-11(15)7-4-8-12(13)16/h4,7-10H,3,5-6,16H2,1-2H3. The van der Waals surface area contributed by atoms with Crippen LogP contribution < -0.4 is 5.73 Å². The summed E-state index contributed by atoms with van der Waals surface area (Å²) < 4.78 is 0. The Morgan fingerprint density at radius 2 is 1.94 bits per heavy atom. The maximum atomic E-state index is 12.6. The number of hydrogen-bond donors (Lipinski definition) is 1. The first-order chi connectivity index (χ1) is 8.52. The van der Waals surface area contributed by atoms with E-state index in [1.165, 1.54) is 6.42 Å². The third-order valence-electron chi connectivity index (χ3n) is 3.69. The summed E-state index contributed by atoms with van der Waals surface area (Å²) in [6, 6.07) is 5.69. The second-order valence-corrected chi connectivity index (χ2v) is 5.45. The second kappa shape index (κ2) is 5.19. The van der Waals surface area contributed by atoms with Gasteiger partial charge in [-0.15, -0.1) is 0 Å². The number of amides is 1. The van der Waals surface area contributed by atoms with Gasteiger partial charge in [0.1, 0.15) is 0 Å². The molecule has 1 heterocycles. The number of likely N-dealkylation sites (tertiary alicyclic amines) is 1.